The Labute approximate surface area is 339 Å². The molecule has 6 N–H and O–H groups in total. The van der Waals surface area contributed by atoms with Gasteiger partial charge in [0.05, 0.1) is 25.4 Å². The van der Waals surface area contributed by atoms with Gasteiger partial charge in [-0.3, -0.25) is 4.79 Å². The van der Waals surface area contributed by atoms with Crippen LogP contribution in [0.1, 0.15) is 136 Å². The normalized spacial score (nSPS) is 22.2. The lowest BCUT2D eigenvalue weighted by atomic mass is 9.99. The molecule has 1 aliphatic heterocycles. The zero-order valence-electron chi connectivity index (χ0n) is 34.6. The van der Waals surface area contributed by atoms with Crippen LogP contribution in [0.15, 0.2) is 97.2 Å². The van der Waals surface area contributed by atoms with Crippen LogP contribution in [0.4, 0.5) is 0 Å². The van der Waals surface area contributed by atoms with E-state index in [1.54, 1.807) is 6.08 Å². The van der Waals surface area contributed by atoms with E-state index in [0.717, 1.165) is 64.2 Å². The lowest BCUT2D eigenvalue weighted by molar-refractivity contribution is -0.302. The second-order valence-corrected chi connectivity index (χ2v) is 14.4. The maximum absolute atomic E-state index is 12.9. The molecule has 7 atom stereocenters. The van der Waals surface area contributed by atoms with Gasteiger partial charge in [-0.1, -0.05) is 143 Å². The van der Waals surface area contributed by atoms with Gasteiger partial charge in [0.2, 0.25) is 5.91 Å². The van der Waals surface area contributed by atoms with Crippen molar-refractivity contribution in [2.24, 2.45) is 0 Å². The Morgan fingerprint density at radius 3 is 1.71 bits per heavy atom. The van der Waals surface area contributed by atoms with Crippen molar-refractivity contribution >= 4 is 5.91 Å². The molecule has 0 aliphatic carbocycles. The van der Waals surface area contributed by atoms with E-state index < -0.39 is 49.5 Å². The Hall–Kier alpha value is -2.89. The highest BCUT2D eigenvalue weighted by Crippen LogP contribution is 2.22. The lowest BCUT2D eigenvalue weighted by Crippen LogP contribution is -2.60. The van der Waals surface area contributed by atoms with Crippen molar-refractivity contribution in [1.82, 2.24) is 5.32 Å². The first-order valence-electron chi connectivity index (χ1n) is 21.5. The van der Waals surface area contributed by atoms with Gasteiger partial charge in [0.25, 0.3) is 0 Å². The van der Waals surface area contributed by atoms with Crippen LogP contribution in [-0.4, -0.2) is 87.5 Å². The number of aliphatic hydroxyl groups excluding tert-OH is 5. The molecule has 9 heteroatoms. The summed E-state index contributed by atoms with van der Waals surface area (Å²) in [5, 5.41) is 54.0. The molecule has 318 valence electrons. The Bertz CT molecular complexity index is 1190. The van der Waals surface area contributed by atoms with Gasteiger partial charge in [-0.25, -0.2) is 0 Å². The predicted molar refractivity (Wildman–Crippen MR) is 230 cm³/mol. The first kappa shape index (κ1) is 51.1. The number of ether oxygens (including phenoxy) is 2. The van der Waals surface area contributed by atoms with Gasteiger partial charge in [0, 0.05) is 6.42 Å². The molecular weight excluding hydrogens is 707 g/mol. The summed E-state index contributed by atoms with van der Waals surface area (Å²) in [5.74, 6) is -0.254. The number of unbranched alkanes of at least 4 members (excludes halogenated alkanes) is 9. The van der Waals surface area contributed by atoms with Gasteiger partial charge in [0.15, 0.2) is 6.29 Å². The molecule has 0 bridgehead atoms. The van der Waals surface area contributed by atoms with E-state index in [1.165, 1.54) is 38.5 Å². The molecular formula is C47H77NO8. The molecule has 1 saturated heterocycles. The number of allylic oxidation sites excluding steroid dienone is 15. The summed E-state index contributed by atoms with van der Waals surface area (Å²) < 4.78 is 11.1. The molecule has 1 aliphatic rings. The van der Waals surface area contributed by atoms with Crippen molar-refractivity contribution in [2.45, 2.75) is 179 Å². The molecule has 0 aromatic carbocycles. The van der Waals surface area contributed by atoms with Crippen LogP contribution >= 0.6 is 0 Å². The van der Waals surface area contributed by atoms with E-state index in [-0.39, 0.29) is 18.9 Å². The fraction of sp³-hybridized carbons (Fsp3) is 0.638. The summed E-state index contributed by atoms with van der Waals surface area (Å²) in [6.45, 7) is 3.56. The highest BCUT2D eigenvalue weighted by Gasteiger charge is 2.44. The van der Waals surface area contributed by atoms with Crippen LogP contribution in [0.25, 0.3) is 0 Å². The standard InChI is InChI=1S/C47H77NO8/c1-3-5-7-9-11-13-15-17-19-21-23-25-27-29-31-33-35-37-43(51)48-40(39-55-47-46(54)45(53)44(52)42(38-49)56-47)41(50)36-34-32-30-28-26-24-22-20-18-16-14-12-10-8-6-4-2/h5,7,11,13,17-20,23,25-26,28-29,31,34,36,40-42,44-47,49-50,52-54H,3-4,6,8-10,12,14-16,21-22,24,27,30,32-33,35,37-39H2,1-2H3,(H,48,51)/b7-5-,13-11-,19-17-,20-18+,25-23-,28-26+,31-29-,36-34+. The molecule has 0 aromatic heterocycles. The monoisotopic (exact) mass is 784 g/mol. The second-order valence-electron chi connectivity index (χ2n) is 14.4. The van der Waals surface area contributed by atoms with Crippen LogP contribution in [0, 0.1) is 0 Å². The van der Waals surface area contributed by atoms with Crippen molar-refractivity contribution in [3.8, 4) is 0 Å². The Morgan fingerprint density at radius 1 is 0.625 bits per heavy atom. The Balaban J connectivity index is 2.50. The van der Waals surface area contributed by atoms with E-state index >= 15 is 0 Å². The smallest absolute Gasteiger partial charge is 0.220 e. The van der Waals surface area contributed by atoms with Gasteiger partial charge in [-0.15, -0.1) is 0 Å². The van der Waals surface area contributed by atoms with Gasteiger partial charge >= 0.3 is 0 Å². The number of hydrogen-bond donors (Lipinski definition) is 6. The number of hydrogen-bond acceptors (Lipinski definition) is 8. The summed E-state index contributed by atoms with van der Waals surface area (Å²) in [6.07, 6.45) is 44.5. The van der Waals surface area contributed by atoms with Gasteiger partial charge in [-0.2, -0.15) is 0 Å². The number of carbonyl (C=O) groups is 1. The van der Waals surface area contributed by atoms with E-state index in [2.05, 4.69) is 104 Å². The summed E-state index contributed by atoms with van der Waals surface area (Å²) in [5.41, 5.74) is 0. The highest BCUT2D eigenvalue weighted by molar-refractivity contribution is 5.76. The average molecular weight is 784 g/mol. The van der Waals surface area contributed by atoms with Gasteiger partial charge in [-0.05, 0) is 83.5 Å². The van der Waals surface area contributed by atoms with E-state index in [9.17, 15) is 30.3 Å². The number of rotatable bonds is 33. The zero-order valence-corrected chi connectivity index (χ0v) is 34.6. The number of carbonyl (C=O) groups excluding carboxylic acids is 1. The lowest BCUT2D eigenvalue weighted by Gasteiger charge is -2.40. The number of aliphatic hydroxyl groups is 5. The maximum Gasteiger partial charge on any atom is 0.220 e. The third-order valence-corrected chi connectivity index (χ3v) is 9.37. The predicted octanol–water partition coefficient (Wildman–Crippen LogP) is 8.55. The SMILES string of the molecule is CC/C=C\C/C=C\C/C=C\C/C=C\C/C=C\CCCC(=O)NC(COC1OC(CO)C(O)C(O)C1O)C(O)/C=C/CC/C=C/CC/C=C/CCCCCCCC. The van der Waals surface area contributed by atoms with Crippen LogP contribution in [0.3, 0.4) is 0 Å². The summed E-state index contributed by atoms with van der Waals surface area (Å²) in [7, 11) is 0. The summed E-state index contributed by atoms with van der Waals surface area (Å²) in [6, 6.07) is -0.863. The van der Waals surface area contributed by atoms with Crippen LogP contribution in [0.5, 0.6) is 0 Å². The fourth-order valence-corrected chi connectivity index (χ4v) is 5.93. The molecule has 7 unspecified atom stereocenters. The largest absolute Gasteiger partial charge is 0.394 e. The Morgan fingerprint density at radius 2 is 1.12 bits per heavy atom. The maximum atomic E-state index is 12.9. The summed E-state index contributed by atoms with van der Waals surface area (Å²) >= 11 is 0. The third-order valence-electron chi connectivity index (χ3n) is 9.37. The first-order valence-corrected chi connectivity index (χ1v) is 21.5. The van der Waals surface area contributed by atoms with Crippen LogP contribution in [-0.2, 0) is 14.3 Å². The molecule has 1 rings (SSSR count). The van der Waals surface area contributed by atoms with E-state index in [4.69, 9.17) is 9.47 Å². The minimum Gasteiger partial charge on any atom is -0.394 e. The topological polar surface area (TPSA) is 149 Å². The van der Waals surface area contributed by atoms with Crippen LogP contribution in [0.2, 0.25) is 0 Å². The molecule has 1 fully saturated rings. The second kappa shape index (κ2) is 36.5. The van der Waals surface area contributed by atoms with E-state index in [0.29, 0.717) is 12.8 Å². The van der Waals surface area contributed by atoms with Crippen molar-refractivity contribution < 1.29 is 39.8 Å². The van der Waals surface area contributed by atoms with Gasteiger partial charge < -0.3 is 40.3 Å². The minimum atomic E-state index is -1.59. The zero-order chi connectivity index (χ0) is 40.9. The van der Waals surface area contributed by atoms with Crippen molar-refractivity contribution in [3.05, 3.63) is 97.2 Å². The molecule has 0 radical (unpaired) electrons. The quantitative estimate of drug-likeness (QED) is 0.0287. The molecule has 1 heterocycles. The molecule has 56 heavy (non-hydrogen) atoms. The number of nitrogens with one attached hydrogen (secondary N) is 1. The van der Waals surface area contributed by atoms with Gasteiger partial charge in [0.1, 0.15) is 24.4 Å². The average Bonchev–Trinajstić information content (AvgIpc) is 3.20. The highest BCUT2D eigenvalue weighted by atomic mass is 16.7. The molecule has 0 saturated carbocycles. The van der Waals surface area contributed by atoms with Crippen molar-refractivity contribution in [1.29, 1.82) is 0 Å². The fourth-order valence-electron chi connectivity index (χ4n) is 5.93. The molecule has 1 amide bonds. The van der Waals surface area contributed by atoms with Crippen molar-refractivity contribution in [2.75, 3.05) is 13.2 Å². The number of amides is 1. The first-order chi connectivity index (χ1) is 27.3. The Kier molecular flexibility index (Phi) is 33.3. The molecule has 0 spiro atoms. The van der Waals surface area contributed by atoms with Crippen LogP contribution < -0.4 is 5.32 Å². The minimum absolute atomic E-state index is 0.235. The third kappa shape index (κ3) is 26.9. The van der Waals surface area contributed by atoms with E-state index in [1.807, 2.05) is 6.08 Å². The van der Waals surface area contributed by atoms with Crippen molar-refractivity contribution in [3.63, 3.8) is 0 Å². The molecule has 9 nitrogen and oxygen atoms in total. The molecule has 0 aromatic rings. The summed E-state index contributed by atoms with van der Waals surface area (Å²) in [4.78, 5) is 12.9.